The van der Waals surface area contributed by atoms with Gasteiger partial charge in [-0.1, -0.05) is 102 Å². The molecular formula is C28H43F3O2. The second-order valence-electron chi connectivity index (χ2n) is 8.75. The van der Waals surface area contributed by atoms with Gasteiger partial charge in [0.15, 0.2) is 0 Å². The van der Waals surface area contributed by atoms with Crippen molar-refractivity contribution in [3.05, 3.63) is 29.8 Å². The number of unbranched alkanes of at least 4 members (excludes halogenated alkanes) is 15. The van der Waals surface area contributed by atoms with Crippen molar-refractivity contribution in [3.8, 4) is 17.6 Å². The van der Waals surface area contributed by atoms with Crippen LogP contribution in [0.4, 0.5) is 13.2 Å². The van der Waals surface area contributed by atoms with Crippen LogP contribution >= 0.6 is 0 Å². The molecule has 0 aromatic heterocycles. The minimum Gasteiger partial charge on any atom is -0.497 e. The molecule has 33 heavy (non-hydrogen) atoms. The summed E-state index contributed by atoms with van der Waals surface area (Å²) < 4.78 is 46.5. The first kappa shape index (κ1) is 29.4. The van der Waals surface area contributed by atoms with E-state index in [2.05, 4.69) is 5.92 Å². The Morgan fingerprint density at radius 3 is 1.58 bits per heavy atom. The molecular weight excluding hydrogens is 425 g/mol. The van der Waals surface area contributed by atoms with Gasteiger partial charge < -0.3 is 9.47 Å². The van der Waals surface area contributed by atoms with E-state index in [0.717, 1.165) is 38.0 Å². The van der Waals surface area contributed by atoms with Gasteiger partial charge in [-0.2, -0.15) is 13.2 Å². The molecule has 0 bridgehead atoms. The third-order valence-electron chi connectivity index (χ3n) is 5.75. The number of rotatable bonds is 20. The summed E-state index contributed by atoms with van der Waals surface area (Å²) in [5, 5.41) is 0. The maximum Gasteiger partial charge on any atom is 0.457 e. The smallest absolute Gasteiger partial charge is 0.457 e. The Balaban J connectivity index is 1.74. The van der Waals surface area contributed by atoms with E-state index in [1.165, 1.54) is 82.1 Å². The van der Waals surface area contributed by atoms with Gasteiger partial charge in [0.05, 0.1) is 13.7 Å². The molecule has 0 saturated heterocycles. The highest BCUT2D eigenvalue weighted by molar-refractivity contribution is 5.26. The zero-order chi connectivity index (χ0) is 24.0. The topological polar surface area (TPSA) is 18.5 Å². The summed E-state index contributed by atoms with van der Waals surface area (Å²) in [7, 11) is 1.68. The number of halogens is 3. The number of alkyl halides is 3. The molecule has 0 N–H and O–H groups in total. The van der Waals surface area contributed by atoms with Crippen LogP contribution in [-0.2, 0) is 11.3 Å². The molecule has 0 atom stereocenters. The lowest BCUT2D eigenvalue weighted by Crippen LogP contribution is -2.01. The van der Waals surface area contributed by atoms with E-state index in [9.17, 15) is 13.2 Å². The largest absolute Gasteiger partial charge is 0.497 e. The number of hydrogen-bond donors (Lipinski definition) is 0. The Morgan fingerprint density at radius 2 is 1.12 bits per heavy atom. The first-order valence-corrected chi connectivity index (χ1v) is 12.8. The van der Waals surface area contributed by atoms with Crippen LogP contribution in [0.2, 0.25) is 0 Å². The van der Waals surface area contributed by atoms with Crippen molar-refractivity contribution >= 4 is 0 Å². The van der Waals surface area contributed by atoms with Crippen LogP contribution in [0.1, 0.15) is 108 Å². The Labute approximate surface area is 199 Å². The lowest BCUT2D eigenvalue weighted by Gasteiger charge is -2.06. The van der Waals surface area contributed by atoms with Crippen molar-refractivity contribution < 1.29 is 22.6 Å². The molecule has 0 saturated carbocycles. The molecule has 0 aliphatic carbocycles. The van der Waals surface area contributed by atoms with Crippen molar-refractivity contribution in [2.45, 2.75) is 116 Å². The first-order valence-electron chi connectivity index (χ1n) is 12.8. The second kappa shape index (κ2) is 19.8. The summed E-state index contributed by atoms with van der Waals surface area (Å²) in [6, 6.07) is 8.03. The van der Waals surface area contributed by atoms with E-state index in [1.54, 1.807) is 7.11 Å². The van der Waals surface area contributed by atoms with E-state index in [0.29, 0.717) is 13.0 Å². The third kappa shape index (κ3) is 19.5. The number of benzene rings is 1. The molecule has 0 fully saturated rings. The molecule has 1 aromatic rings. The first-order chi connectivity index (χ1) is 16.0. The van der Waals surface area contributed by atoms with Crippen molar-refractivity contribution in [1.82, 2.24) is 0 Å². The van der Waals surface area contributed by atoms with E-state index >= 15 is 0 Å². The highest BCUT2D eigenvalue weighted by Gasteiger charge is 2.22. The van der Waals surface area contributed by atoms with E-state index < -0.39 is 6.18 Å². The summed E-state index contributed by atoms with van der Waals surface area (Å²) in [5.41, 5.74) is 1.18. The molecule has 0 spiro atoms. The quantitative estimate of drug-likeness (QED) is 0.140. The van der Waals surface area contributed by atoms with E-state index in [-0.39, 0.29) is 0 Å². The zero-order valence-corrected chi connectivity index (χ0v) is 20.5. The summed E-state index contributed by atoms with van der Waals surface area (Å²) >= 11 is 0. The zero-order valence-electron chi connectivity index (χ0n) is 20.5. The summed E-state index contributed by atoms with van der Waals surface area (Å²) in [4.78, 5) is 0. The Bertz CT molecular complexity index is 629. The maximum atomic E-state index is 11.9. The standard InChI is InChI=1S/C28H43F3O2/c1-32-27-21-19-26(20-22-27)25-33-24-18-16-14-12-10-8-6-4-2-3-5-7-9-11-13-15-17-23-28(29,30)31/h19-22H,2-16,18,24-25H2,1H3. The molecule has 188 valence electrons. The van der Waals surface area contributed by atoms with Crippen LogP contribution in [0.15, 0.2) is 24.3 Å². The van der Waals surface area contributed by atoms with Crippen molar-refractivity contribution in [3.63, 3.8) is 0 Å². The molecule has 0 amide bonds. The fourth-order valence-electron chi connectivity index (χ4n) is 3.79. The maximum absolute atomic E-state index is 11.9. The fourth-order valence-corrected chi connectivity index (χ4v) is 3.79. The Hall–Kier alpha value is -1.67. The van der Waals surface area contributed by atoms with Gasteiger partial charge in [0.2, 0.25) is 0 Å². The Morgan fingerprint density at radius 1 is 0.667 bits per heavy atom. The molecule has 1 rings (SSSR count). The average molecular weight is 469 g/mol. The summed E-state index contributed by atoms with van der Waals surface area (Å²) in [5.74, 6) is 4.41. The van der Waals surface area contributed by atoms with Gasteiger partial charge in [0, 0.05) is 18.9 Å². The van der Waals surface area contributed by atoms with Gasteiger partial charge >= 0.3 is 6.18 Å². The van der Waals surface area contributed by atoms with Crippen LogP contribution in [0.25, 0.3) is 0 Å². The van der Waals surface area contributed by atoms with Crippen molar-refractivity contribution in [2.24, 2.45) is 0 Å². The van der Waals surface area contributed by atoms with Crippen molar-refractivity contribution in [2.75, 3.05) is 13.7 Å². The lowest BCUT2D eigenvalue weighted by atomic mass is 10.0. The third-order valence-corrected chi connectivity index (χ3v) is 5.75. The number of hydrogen-bond acceptors (Lipinski definition) is 2. The monoisotopic (exact) mass is 468 g/mol. The molecule has 5 heteroatoms. The van der Waals surface area contributed by atoms with Crippen LogP contribution in [0.5, 0.6) is 5.75 Å². The van der Waals surface area contributed by atoms with Crippen molar-refractivity contribution in [1.29, 1.82) is 0 Å². The van der Waals surface area contributed by atoms with Gasteiger partial charge in [0.25, 0.3) is 0 Å². The molecule has 0 heterocycles. The molecule has 0 unspecified atom stereocenters. The molecule has 0 radical (unpaired) electrons. The lowest BCUT2D eigenvalue weighted by molar-refractivity contribution is -0.0697. The van der Waals surface area contributed by atoms with Gasteiger partial charge in [0.1, 0.15) is 5.75 Å². The molecule has 2 nitrogen and oxygen atoms in total. The van der Waals surface area contributed by atoms with Gasteiger partial charge in [-0.05, 0) is 30.5 Å². The minimum atomic E-state index is -4.34. The summed E-state index contributed by atoms with van der Waals surface area (Å²) in [6.45, 7) is 1.50. The highest BCUT2D eigenvalue weighted by atomic mass is 19.4. The van der Waals surface area contributed by atoms with Crippen LogP contribution < -0.4 is 4.74 Å². The molecule has 1 aromatic carbocycles. The molecule has 0 aliphatic rings. The molecule has 0 aliphatic heterocycles. The van der Waals surface area contributed by atoms with Crippen LogP contribution in [-0.4, -0.2) is 19.9 Å². The average Bonchev–Trinajstić information content (AvgIpc) is 2.79. The van der Waals surface area contributed by atoms with E-state index in [4.69, 9.17) is 9.47 Å². The Kier molecular flexibility index (Phi) is 17.6. The predicted octanol–water partition coefficient (Wildman–Crippen LogP) is 9.02. The van der Waals surface area contributed by atoms with Gasteiger partial charge in [-0.25, -0.2) is 0 Å². The van der Waals surface area contributed by atoms with Gasteiger partial charge in [-0.15, -0.1) is 0 Å². The highest BCUT2D eigenvalue weighted by Crippen LogP contribution is 2.15. The SMILES string of the molecule is COc1ccc(COCCCCCCCCCCCCCCCCCC#CC(F)(F)F)cc1. The minimum absolute atomic E-state index is 0.359. The number of ether oxygens (including phenoxy) is 2. The van der Waals surface area contributed by atoms with Gasteiger partial charge in [-0.3, -0.25) is 0 Å². The fraction of sp³-hybridized carbons (Fsp3) is 0.714. The number of methoxy groups -OCH3 is 1. The second-order valence-corrected chi connectivity index (χ2v) is 8.75. The van der Waals surface area contributed by atoms with E-state index in [1.807, 2.05) is 24.3 Å². The predicted molar refractivity (Wildman–Crippen MR) is 130 cm³/mol. The summed E-state index contributed by atoms with van der Waals surface area (Å²) in [6.07, 6.45) is 14.3. The van der Waals surface area contributed by atoms with Crippen LogP contribution in [0.3, 0.4) is 0 Å². The normalized spacial score (nSPS) is 11.3. The van der Waals surface area contributed by atoms with Crippen LogP contribution in [0, 0.1) is 11.8 Å².